The summed E-state index contributed by atoms with van der Waals surface area (Å²) < 4.78 is 0. The minimum absolute atomic E-state index is 0.947. The van der Waals surface area contributed by atoms with Crippen LogP contribution >= 0.6 is 11.3 Å². The average molecular weight is 313 g/mol. The van der Waals surface area contributed by atoms with Crippen molar-refractivity contribution in [1.29, 1.82) is 0 Å². The summed E-state index contributed by atoms with van der Waals surface area (Å²) in [6, 6.07) is 0. The Hall–Kier alpha value is -0.650. The third kappa shape index (κ3) is 6.76. The lowest BCUT2D eigenvalue weighted by Gasteiger charge is -2.23. The molecule has 0 aliphatic heterocycles. The first-order chi connectivity index (χ1) is 10.2. The van der Waals surface area contributed by atoms with Crippen molar-refractivity contribution in [1.82, 2.24) is 15.2 Å². The van der Waals surface area contributed by atoms with E-state index in [1.165, 1.54) is 29.4 Å². The van der Waals surface area contributed by atoms with E-state index in [1.54, 1.807) is 0 Å². The number of aromatic nitrogens is 1. The van der Waals surface area contributed by atoms with Crippen LogP contribution in [0.3, 0.4) is 0 Å². The van der Waals surface area contributed by atoms with Gasteiger partial charge >= 0.3 is 0 Å². The van der Waals surface area contributed by atoms with Crippen LogP contribution in [-0.4, -0.2) is 49.2 Å². The monoisotopic (exact) mass is 312 g/mol. The zero-order valence-corrected chi connectivity index (χ0v) is 15.0. The number of hydrogen-bond donors (Lipinski definition) is 1. The lowest BCUT2D eigenvalue weighted by atomic mass is 10.3. The standard InChI is InChI=1S/C16H32N4S/c1-5-10-17-13-15-14-18-16(21-15)20(8-4)12-9-11-19(6-2)7-3/h14,17H,5-13H2,1-4H3. The first-order valence-electron chi connectivity index (χ1n) is 8.37. The van der Waals surface area contributed by atoms with Crippen molar-refractivity contribution >= 4 is 16.5 Å². The van der Waals surface area contributed by atoms with Crippen LogP contribution in [-0.2, 0) is 6.54 Å². The van der Waals surface area contributed by atoms with E-state index in [2.05, 4.69) is 47.8 Å². The van der Waals surface area contributed by atoms with Crippen LogP contribution in [0.1, 0.15) is 45.4 Å². The molecular weight excluding hydrogens is 280 g/mol. The molecule has 0 aromatic carbocycles. The number of nitrogens with zero attached hydrogens (tertiary/aromatic N) is 3. The van der Waals surface area contributed by atoms with Crippen LogP contribution in [0.15, 0.2) is 6.20 Å². The van der Waals surface area contributed by atoms with Crippen LogP contribution in [0, 0.1) is 0 Å². The Kier molecular flexibility index (Phi) is 9.63. The third-order valence-corrected chi connectivity index (χ3v) is 4.77. The van der Waals surface area contributed by atoms with Crippen molar-refractivity contribution in [2.24, 2.45) is 0 Å². The predicted octanol–water partition coefficient (Wildman–Crippen LogP) is 3.20. The minimum atomic E-state index is 0.947. The van der Waals surface area contributed by atoms with E-state index in [4.69, 9.17) is 0 Å². The molecule has 0 bridgehead atoms. The van der Waals surface area contributed by atoms with E-state index >= 15 is 0 Å². The molecule has 0 spiro atoms. The molecule has 1 heterocycles. The van der Waals surface area contributed by atoms with Gasteiger partial charge in [-0.1, -0.05) is 20.8 Å². The highest BCUT2D eigenvalue weighted by molar-refractivity contribution is 7.15. The number of anilines is 1. The van der Waals surface area contributed by atoms with Gasteiger partial charge in [0.1, 0.15) is 0 Å². The Balaban J connectivity index is 2.41. The second-order valence-electron chi connectivity index (χ2n) is 5.25. The molecule has 5 heteroatoms. The first-order valence-corrected chi connectivity index (χ1v) is 9.19. The van der Waals surface area contributed by atoms with Gasteiger partial charge in [-0.3, -0.25) is 0 Å². The molecule has 0 amide bonds. The molecule has 1 aromatic rings. The molecule has 1 N–H and O–H groups in total. The molecule has 0 aliphatic rings. The molecular formula is C16H32N4S. The van der Waals surface area contributed by atoms with Crippen LogP contribution in [0.5, 0.6) is 0 Å². The second kappa shape index (κ2) is 11.0. The smallest absolute Gasteiger partial charge is 0.185 e. The Bertz CT molecular complexity index is 363. The normalized spacial score (nSPS) is 11.3. The molecule has 0 fully saturated rings. The van der Waals surface area contributed by atoms with Gasteiger partial charge in [0.15, 0.2) is 5.13 Å². The fourth-order valence-corrected chi connectivity index (χ4v) is 3.30. The van der Waals surface area contributed by atoms with Crippen LogP contribution in [0.2, 0.25) is 0 Å². The molecule has 0 atom stereocenters. The lowest BCUT2D eigenvalue weighted by molar-refractivity contribution is 0.301. The Labute approximate surface area is 134 Å². The third-order valence-electron chi connectivity index (χ3n) is 3.72. The molecule has 21 heavy (non-hydrogen) atoms. The summed E-state index contributed by atoms with van der Waals surface area (Å²) in [4.78, 5) is 10.8. The minimum Gasteiger partial charge on any atom is -0.348 e. The van der Waals surface area contributed by atoms with E-state index in [-0.39, 0.29) is 0 Å². The molecule has 0 radical (unpaired) electrons. The SMILES string of the molecule is CCCNCc1cnc(N(CC)CCCN(CC)CC)s1. The fraction of sp³-hybridized carbons (Fsp3) is 0.812. The maximum Gasteiger partial charge on any atom is 0.185 e. The highest BCUT2D eigenvalue weighted by Gasteiger charge is 2.10. The predicted molar refractivity (Wildman–Crippen MR) is 94.4 cm³/mol. The van der Waals surface area contributed by atoms with Gasteiger partial charge in [-0.2, -0.15) is 0 Å². The summed E-state index contributed by atoms with van der Waals surface area (Å²) in [5.41, 5.74) is 0. The highest BCUT2D eigenvalue weighted by Crippen LogP contribution is 2.22. The summed E-state index contributed by atoms with van der Waals surface area (Å²) in [6.07, 6.45) is 4.41. The average Bonchev–Trinajstić information content (AvgIpc) is 2.96. The van der Waals surface area contributed by atoms with E-state index in [1.807, 2.05) is 17.5 Å². The molecule has 1 rings (SSSR count). The Morgan fingerprint density at radius 1 is 1.10 bits per heavy atom. The topological polar surface area (TPSA) is 31.4 Å². The van der Waals surface area contributed by atoms with E-state index < -0.39 is 0 Å². The van der Waals surface area contributed by atoms with Crippen molar-refractivity contribution in [3.05, 3.63) is 11.1 Å². The van der Waals surface area contributed by atoms with Gasteiger partial charge < -0.3 is 15.1 Å². The maximum absolute atomic E-state index is 4.60. The molecule has 0 saturated heterocycles. The van der Waals surface area contributed by atoms with E-state index in [0.717, 1.165) is 39.3 Å². The summed E-state index contributed by atoms with van der Waals surface area (Å²) in [5.74, 6) is 0. The summed E-state index contributed by atoms with van der Waals surface area (Å²) >= 11 is 1.83. The summed E-state index contributed by atoms with van der Waals surface area (Å²) in [5, 5.41) is 4.61. The van der Waals surface area contributed by atoms with Crippen molar-refractivity contribution < 1.29 is 0 Å². The molecule has 0 aliphatic carbocycles. The summed E-state index contributed by atoms with van der Waals surface area (Å²) in [7, 11) is 0. The number of nitrogens with one attached hydrogen (secondary N) is 1. The Morgan fingerprint density at radius 2 is 1.86 bits per heavy atom. The second-order valence-corrected chi connectivity index (χ2v) is 6.34. The van der Waals surface area contributed by atoms with Gasteiger partial charge in [0.05, 0.1) is 0 Å². The zero-order chi connectivity index (χ0) is 15.5. The summed E-state index contributed by atoms with van der Waals surface area (Å²) in [6.45, 7) is 16.5. The number of rotatable bonds is 12. The van der Waals surface area contributed by atoms with Gasteiger partial charge in [0.25, 0.3) is 0 Å². The molecule has 4 nitrogen and oxygen atoms in total. The van der Waals surface area contributed by atoms with Gasteiger partial charge in [0.2, 0.25) is 0 Å². The molecule has 122 valence electrons. The van der Waals surface area contributed by atoms with Crippen LogP contribution in [0.25, 0.3) is 0 Å². The van der Waals surface area contributed by atoms with E-state index in [9.17, 15) is 0 Å². The van der Waals surface area contributed by atoms with Gasteiger partial charge in [-0.05, 0) is 45.9 Å². The van der Waals surface area contributed by atoms with Gasteiger partial charge in [0, 0.05) is 30.7 Å². The van der Waals surface area contributed by atoms with Crippen molar-refractivity contribution in [3.8, 4) is 0 Å². The van der Waals surface area contributed by atoms with Crippen LogP contribution in [0.4, 0.5) is 5.13 Å². The maximum atomic E-state index is 4.60. The first kappa shape index (κ1) is 18.4. The largest absolute Gasteiger partial charge is 0.348 e. The quantitative estimate of drug-likeness (QED) is 0.601. The molecule has 0 unspecified atom stereocenters. The van der Waals surface area contributed by atoms with Gasteiger partial charge in [-0.15, -0.1) is 11.3 Å². The fourth-order valence-electron chi connectivity index (χ4n) is 2.33. The van der Waals surface area contributed by atoms with Gasteiger partial charge in [-0.25, -0.2) is 4.98 Å². The zero-order valence-electron chi connectivity index (χ0n) is 14.2. The van der Waals surface area contributed by atoms with E-state index in [0.29, 0.717) is 0 Å². The molecule has 0 saturated carbocycles. The highest BCUT2D eigenvalue weighted by atomic mass is 32.1. The number of hydrogen-bond acceptors (Lipinski definition) is 5. The van der Waals surface area contributed by atoms with Crippen molar-refractivity contribution in [2.75, 3.05) is 44.2 Å². The van der Waals surface area contributed by atoms with Crippen LogP contribution < -0.4 is 10.2 Å². The number of thiazole rings is 1. The van der Waals surface area contributed by atoms with Crippen molar-refractivity contribution in [3.63, 3.8) is 0 Å². The molecule has 1 aromatic heterocycles. The lowest BCUT2D eigenvalue weighted by Crippen LogP contribution is -2.29. The Morgan fingerprint density at radius 3 is 2.48 bits per heavy atom. The van der Waals surface area contributed by atoms with Crippen molar-refractivity contribution in [2.45, 2.75) is 47.1 Å².